The number of carbonyl (C=O) groups is 1. The van der Waals surface area contributed by atoms with Crippen molar-refractivity contribution in [3.63, 3.8) is 0 Å². The van der Waals surface area contributed by atoms with Crippen LogP contribution < -0.4 is 0 Å². The van der Waals surface area contributed by atoms with Gasteiger partial charge in [0.2, 0.25) is 0 Å². The molecule has 1 fully saturated rings. The minimum Gasteiger partial charge on any atom is -0.287 e. The molecule has 0 amide bonds. The molecule has 3 rings (SSSR count). The van der Waals surface area contributed by atoms with Crippen LogP contribution in [0.15, 0.2) is 24.3 Å². The van der Waals surface area contributed by atoms with E-state index in [2.05, 4.69) is 0 Å². The summed E-state index contributed by atoms with van der Waals surface area (Å²) in [5, 5.41) is -0.692. The van der Waals surface area contributed by atoms with Crippen molar-refractivity contribution in [3.8, 4) is 0 Å². The highest BCUT2D eigenvalue weighted by Crippen LogP contribution is 2.53. The Morgan fingerprint density at radius 1 is 1.21 bits per heavy atom. The highest BCUT2D eigenvalue weighted by Gasteiger charge is 2.55. The topological polar surface area (TPSA) is 42.1 Å². The Morgan fingerprint density at radius 3 is 2.79 bits per heavy atom. The van der Waals surface area contributed by atoms with Gasteiger partial charge in [-0.25, -0.2) is 0 Å². The first-order chi connectivity index (χ1) is 6.80. The van der Waals surface area contributed by atoms with Crippen molar-refractivity contribution < 1.29 is 14.6 Å². The number of hydrogen-bond donors (Lipinski definition) is 0. The molecule has 0 N–H and O–H groups in total. The van der Waals surface area contributed by atoms with Gasteiger partial charge in [0.25, 0.3) is 0 Å². The highest BCUT2D eigenvalue weighted by molar-refractivity contribution is 8.14. The lowest BCUT2D eigenvalue weighted by Crippen LogP contribution is -2.05. The van der Waals surface area contributed by atoms with Gasteiger partial charge in [-0.05, 0) is 23.7 Å². The molecule has 2 aliphatic rings. The molecule has 1 spiro atoms. The molecule has 2 heterocycles. The molecule has 0 bridgehead atoms. The van der Waals surface area contributed by atoms with E-state index in [4.69, 9.17) is 9.78 Å². The summed E-state index contributed by atoms with van der Waals surface area (Å²) >= 11 is 1.13. The molecule has 0 radical (unpaired) electrons. The lowest BCUT2D eigenvalue weighted by Gasteiger charge is -2.05. The predicted octanol–water partition coefficient (Wildman–Crippen LogP) is 1.96. The Bertz CT molecular complexity index is 398. The maximum absolute atomic E-state index is 11.4. The Labute approximate surface area is 85.3 Å². The standard InChI is InChI=1S/C10H8O3S/c11-9-6-5-7-3-1-2-4-8(7)10(14-9)12-13-10/h1-4H,5-6H2. The molecule has 72 valence electrons. The summed E-state index contributed by atoms with van der Waals surface area (Å²) in [5.41, 5.74) is 2.12. The van der Waals surface area contributed by atoms with Crippen LogP contribution in [-0.4, -0.2) is 5.12 Å². The van der Waals surface area contributed by atoms with E-state index < -0.39 is 5.12 Å². The van der Waals surface area contributed by atoms with Crippen molar-refractivity contribution in [1.29, 1.82) is 0 Å². The summed E-state index contributed by atoms with van der Waals surface area (Å²) in [6.07, 6.45) is 1.33. The minimum atomic E-state index is -0.815. The fourth-order valence-corrected chi connectivity index (χ4v) is 2.61. The highest BCUT2D eigenvalue weighted by atomic mass is 32.2. The molecule has 3 nitrogen and oxygen atoms in total. The van der Waals surface area contributed by atoms with Crippen LogP contribution in [0.1, 0.15) is 17.5 Å². The zero-order valence-electron chi connectivity index (χ0n) is 7.36. The fraction of sp³-hybridized carbons (Fsp3) is 0.300. The van der Waals surface area contributed by atoms with E-state index in [0.717, 1.165) is 29.3 Å². The van der Waals surface area contributed by atoms with Gasteiger partial charge in [0.1, 0.15) is 0 Å². The monoisotopic (exact) mass is 208 g/mol. The van der Waals surface area contributed by atoms with Crippen LogP contribution in [-0.2, 0) is 26.1 Å². The van der Waals surface area contributed by atoms with Crippen molar-refractivity contribution >= 4 is 16.9 Å². The van der Waals surface area contributed by atoms with Crippen LogP contribution in [0.3, 0.4) is 0 Å². The lowest BCUT2D eigenvalue weighted by atomic mass is 10.0. The second-order valence-electron chi connectivity index (χ2n) is 3.35. The van der Waals surface area contributed by atoms with E-state index in [9.17, 15) is 4.79 Å². The van der Waals surface area contributed by atoms with E-state index >= 15 is 0 Å². The average molecular weight is 208 g/mol. The van der Waals surface area contributed by atoms with Crippen molar-refractivity contribution in [2.24, 2.45) is 0 Å². The van der Waals surface area contributed by atoms with Crippen LogP contribution in [0, 0.1) is 0 Å². The third kappa shape index (κ3) is 1.19. The molecule has 0 aliphatic carbocycles. The summed E-state index contributed by atoms with van der Waals surface area (Å²) in [6.45, 7) is 0. The second kappa shape index (κ2) is 2.82. The summed E-state index contributed by atoms with van der Waals surface area (Å²) < 4.78 is 0. The normalized spacial score (nSPS) is 23.0. The summed E-state index contributed by atoms with van der Waals surface area (Å²) in [5.74, 6) is 0. The molecule has 1 saturated heterocycles. The van der Waals surface area contributed by atoms with Gasteiger partial charge in [-0.15, -0.1) is 0 Å². The summed E-state index contributed by atoms with van der Waals surface area (Å²) in [7, 11) is 0. The van der Waals surface area contributed by atoms with Crippen molar-refractivity contribution in [2.75, 3.05) is 0 Å². The number of aryl methyl sites for hydroxylation is 1. The first-order valence-electron chi connectivity index (χ1n) is 4.47. The van der Waals surface area contributed by atoms with Gasteiger partial charge in [0.05, 0.1) is 0 Å². The maximum atomic E-state index is 11.4. The van der Waals surface area contributed by atoms with Crippen molar-refractivity contribution in [2.45, 2.75) is 18.0 Å². The van der Waals surface area contributed by atoms with Gasteiger partial charge in [0, 0.05) is 12.0 Å². The molecule has 1 aromatic carbocycles. The molecule has 14 heavy (non-hydrogen) atoms. The fourth-order valence-electron chi connectivity index (χ4n) is 1.69. The number of hydrogen-bond acceptors (Lipinski definition) is 4. The van der Waals surface area contributed by atoms with Crippen molar-refractivity contribution in [1.82, 2.24) is 0 Å². The minimum absolute atomic E-state index is 0.124. The maximum Gasteiger partial charge on any atom is 0.312 e. The molecule has 0 atom stereocenters. The molecule has 0 unspecified atom stereocenters. The van der Waals surface area contributed by atoms with E-state index in [-0.39, 0.29) is 5.12 Å². The van der Waals surface area contributed by atoms with Gasteiger partial charge in [0.15, 0.2) is 5.12 Å². The third-order valence-corrected chi connectivity index (χ3v) is 3.49. The van der Waals surface area contributed by atoms with E-state index in [1.165, 1.54) is 0 Å². The van der Waals surface area contributed by atoms with Crippen LogP contribution in [0.2, 0.25) is 0 Å². The Hall–Kier alpha value is -0.840. The van der Waals surface area contributed by atoms with Gasteiger partial charge in [-0.3, -0.25) is 4.79 Å². The van der Waals surface area contributed by atoms with Gasteiger partial charge < -0.3 is 0 Å². The first kappa shape index (κ1) is 8.47. The van der Waals surface area contributed by atoms with Crippen LogP contribution >= 0.6 is 11.8 Å². The molecule has 2 aliphatic heterocycles. The Kier molecular flexibility index (Phi) is 1.71. The first-order valence-corrected chi connectivity index (χ1v) is 5.29. The molecule has 4 heteroatoms. The van der Waals surface area contributed by atoms with E-state index in [0.29, 0.717) is 6.42 Å². The molecule has 1 aromatic rings. The van der Waals surface area contributed by atoms with Gasteiger partial charge in [-0.1, -0.05) is 24.3 Å². The van der Waals surface area contributed by atoms with Crippen LogP contribution in [0.4, 0.5) is 0 Å². The number of fused-ring (bicyclic) bond motifs is 2. The van der Waals surface area contributed by atoms with Gasteiger partial charge in [-0.2, -0.15) is 9.78 Å². The smallest absolute Gasteiger partial charge is 0.287 e. The zero-order chi connectivity index (χ0) is 9.60. The summed E-state index contributed by atoms with van der Waals surface area (Å²) in [4.78, 5) is 21.3. The van der Waals surface area contributed by atoms with E-state index in [1.807, 2.05) is 24.3 Å². The van der Waals surface area contributed by atoms with Crippen molar-refractivity contribution in [3.05, 3.63) is 35.4 Å². The largest absolute Gasteiger partial charge is 0.312 e. The number of benzene rings is 1. The predicted molar refractivity (Wildman–Crippen MR) is 51.2 cm³/mol. The van der Waals surface area contributed by atoms with Crippen LogP contribution in [0.5, 0.6) is 0 Å². The number of thioether (sulfide) groups is 1. The SMILES string of the molecule is O=C1CCc2ccccc2C2(OO2)S1. The average Bonchev–Trinajstić information content (AvgIpc) is 2.97. The van der Waals surface area contributed by atoms with Crippen LogP contribution in [0.25, 0.3) is 0 Å². The molecule has 0 aromatic heterocycles. The van der Waals surface area contributed by atoms with Gasteiger partial charge >= 0.3 is 5.12 Å². The lowest BCUT2D eigenvalue weighted by molar-refractivity contribution is -0.111. The third-order valence-electron chi connectivity index (χ3n) is 2.43. The summed E-state index contributed by atoms with van der Waals surface area (Å²) in [6, 6.07) is 7.87. The molecule has 0 saturated carbocycles. The number of rotatable bonds is 0. The van der Waals surface area contributed by atoms with E-state index in [1.54, 1.807) is 0 Å². The molecular formula is C10H8O3S. The zero-order valence-corrected chi connectivity index (χ0v) is 8.17. The Morgan fingerprint density at radius 2 is 2.00 bits per heavy atom. The quantitative estimate of drug-likeness (QED) is 0.483. The molecular weight excluding hydrogens is 200 g/mol. The number of carbonyl (C=O) groups excluding carboxylic acids is 1. The Balaban J connectivity index is 2.12. The second-order valence-corrected chi connectivity index (χ2v) is 4.55.